The molecule has 0 unspecified atom stereocenters. The van der Waals surface area contributed by atoms with E-state index in [0.717, 1.165) is 24.9 Å². The fraction of sp³-hybridized carbons (Fsp3) is 0.345. The summed E-state index contributed by atoms with van der Waals surface area (Å²) in [6.45, 7) is 0.849. The second-order valence-electron chi connectivity index (χ2n) is 10.2. The fourth-order valence-corrected chi connectivity index (χ4v) is 6.61. The zero-order valence-electron chi connectivity index (χ0n) is 20.5. The number of carbonyl (C=O) groups excluding carboxylic acids is 1. The van der Waals surface area contributed by atoms with Gasteiger partial charge in [-0.2, -0.15) is 0 Å². The fourth-order valence-electron chi connectivity index (χ4n) is 6.34. The van der Waals surface area contributed by atoms with Gasteiger partial charge >= 0.3 is 0 Å². The van der Waals surface area contributed by atoms with Crippen LogP contribution in [0.15, 0.2) is 42.5 Å². The third-order valence-electron chi connectivity index (χ3n) is 8.03. The number of benzene rings is 3. The van der Waals surface area contributed by atoms with E-state index in [1.807, 2.05) is 30.3 Å². The van der Waals surface area contributed by atoms with Crippen molar-refractivity contribution in [1.29, 1.82) is 0 Å². The Balaban J connectivity index is 1.60. The Bertz CT molecular complexity index is 1410. The number of nitrogens with two attached hydrogens (primary N) is 1. The lowest BCUT2D eigenvalue weighted by atomic mass is 9.80. The van der Waals surface area contributed by atoms with Crippen molar-refractivity contribution < 1.29 is 18.3 Å². The van der Waals surface area contributed by atoms with Crippen molar-refractivity contribution in [2.24, 2.45) is 5.73 Å². The van der Waals surface area contributed by atoms with Gasteiger partial charge in [-0.25, -0.2) is 8.78 Å². The summed E-state index contributed by atoms with van der Waals surface area (Å²) in [5, 5.41) is 5.92. The van der Waals surface area contributed by atoms with E-state index in [1.165, 1.54) is 13.1 Å². The van der Waals surface area contributed by atoms with Gasteiger partial charge in [0.15, 0.2) is 5.60 Å². The van der Waals surface area contributed by atoms with E-state index in [1.54, 1.807) is 6.07 Å². The normalized spacial score (nSPS) is 24.0. The van der Waals surface area contributed by atoms with Crippen LogP contribution in [0.1, 0.15) is 45.5 Å². The number of fused-ring (bicyclic) bond motifs is 2. The van der Waals surface area contributed by atoms with E-state index in [-0.39, 0.29) is 33.8 Å². The van der Waals surface area contributed by atoms with Crippen molar-refractivity contribution in [2.45, 2.75) is 49.8 Å². The van der Waals surface area contributed by atoms with Crippen LogP contribution >= 0.6 is 11.6 Å². The maximum Gasteiger partial charge on any atom is 0.251 e. The van der Waals surface area contributed by atoms with Crippen molar-refractivity contribution in [3.8, 4) is 16.9 Å². The lowest BCUT2D eigenvalue weighted by Crippen LogP contribution is -2.48. The van der Waals surface area contributed by atoms with Gasteiger partial charge in [-0.15, -0.1) is 0 Å². The summed E-state index contributed by atoms with van der Waals surface area (Å²) in [6.07, 6.45) is 3.03. The Morgan fingerprint density at radius 3 is 2.65 bits per heavy atom. The molecular formula is C29H28ClF2N3O2. The van der Waals surface area contributed by atoms with Gasteiger partial charge in [0.05, 0.1) is 16.6 Å². The molecule has 0 radical (unpaired) electrons. The molecule has 1 aliphatic carbocycles. The molecule has 37 heavy (non-hydrogen) atoms. The van der Waals surface area contributed by atoms with E-state index < -0.39 is 23.1 Å². The van der Waals surface area contributed by atoms with Crippen molar-refractivity contribution >= 4 is 17.5 Å². The summed E-state index contributed by atoms with van der Waals surface area (Å²) in [7, 11) is 1.48. The minimum atomic E-state index is -0.825. The molecule has 2 heterocycles. The van der Waals surface area contributed by atoms with Crippen LogP contribution in [0, 0.1) is 11.6 Å². The standard InChI is InChI=1S/C29H28ClF2N3O2/c1-34-28(36)19-11-15-10-17(33)12-18(15)27(32)25(19)24-20-14-29(23-8-5-9-35-23,16-6-3-2-4-7-16)37-22(20)13-21(31)26(24)30/h2-4,6-7,11,13,17,23,35H,5,8-10,12,14,33H2,1H3,(H,34,36)/t17-,23+,29+/m1/s1. The van der Waals surface area contributed by atoms with E-state index >= 15 is 8.78 Å². The summed E-state index contributed by atoms with van der Waals surface area (Å²) in [5.41, 5.74) is 8.28. The summed E-state index contributed by atoms with van der Waals surface area (Å²) in [4.78, 5) is 13.0. The molecule has 8 heteroatoms. The molecule has 5 nitrogen and oxygen atoms in total. The molecule has 192 valence electrons. The lowest BCUT2D eigenvalue weighted by molar-refractivity contribution is 0.0539. The maximum atomic E-state index is 16.3. The zero-order valence-corrected chi connectivity index (χ0v) is 21.2. The number of amides is 1. The first-order valence-electron chi connectivity index (χ1n) is 12.6. The van der Waals surface area contributed by atoms with Crippen molar-refractivity contribution in [3.63, 3.8) is 0 Å². The van der Waals surface area contributed by atoms with Gasteiger partial charge in [0.2, 0.25) is 0 Å². The molecule has 1 saturated heterocycles. The lowest BCUT2D eigenvalue weighted by Gasteiger charge is -2.35. The van der Waals surface area contributed by atoms with Gasteiger partial charge in [0, 0.05) is 42.3 Å². The van der Waals surface area contributed by atoms with E-state index in [4.69, 9.17) is 22.1 Å². The van der Waals surface area contributed by atoms with Gasteiger partial charge in [0.1, 0.15) is 17.4 Å². The quantitative estimate of drug-likeness (QED) is 0.465. The molecular weight excluding hydrogens is 496 g/mol. The van der Waals surface area contributed by atoms with Crippen LogP contribution in [0.3, 0.4) is 0 Å². The van der Waals surface area contributed by atoms with Gasteiger partial charge in [-0.3, -0.25) is 4.79 Å². The minimum Gasteiger partial charge on any atom is -0.480 e. The predicted molar refractivity (Wildman–Crippen MR) is 139 cm³/mol. The third-order valence-corrected chi connectivity index (χ3v) is 8.40. The summed E-state index contributed by atoms with van der Waals surface area (Å²) in [5.74, 6) is -1.46. The van der Waals surface area contributed by atoms with Crippen molar-refractivity contribution in [1.82, 2.24) is 10.6 Å². The predicted octanol–water partition coefficient (Wildman–Crippen LogP) is 4.65. The summed E-state index contributed by atoms with van der Waals surface area (Å²) < 4.78 is 38.3. The van der Waals surface area contributed by atoms with E-state index in [9.17, 15) is 4.79 Å². The van der Waals surface area contributed by atoms with E-state index in [2.05, 4.69) is 10.6 Å². The maximum absolute atomic E-state index is 16.3. The number of nitrogens with one attached hydrogen (secondary N) is 2. The van der Waals surface area contributed by atoms with Crippen LogP contribution in [0.4, 0.5) is 8.78 Å². The highest BCUT2D eigenvalue weighted by Crippen LogP contribution is 2.52. The van der Waals surface area contributed by atoms with E-state index in [0.29, 0.717) is 41.7 Å². The molecule has 4 N–H and O–H groups in total. The highest BCUT2D eigenvalue weighted by Gasteiger charge is 2.50. The molecule has 3 atom stereocenters. The first kappa shape index (κ1) is 24.3. The summed E-state index contributed by atoms with van der Waals surface area (Å²) in [6, 6.07) is 12.5. The molecule has 0 aromatic heterocycles. The van der Waals surface area contributed by atoms with Crippen molar-refractivity contribution in [3.05, 3.63) is 86.9 Å². The first-order chi connectivity index (χ1) is 17.8. The van der Waals surface area contributed by atoms with Gasteiger partial charge < -0.3 is 21.1 Å². The first-order valence-corrected chi connectivity index (χ1v) is 13.0. The molecule has 3 aliphatic rings. The van der Waals surface area contributed by atoms with Crippen LogP contribution in [-0.4, -0.2) is 31.6 Å². The van der Waals surface area contributed by atoms with Gasteiger partial charge in [-0.05, 0) is 55.0 Å². The molecule has 2 aliphatic heterocycles. The SMILES string of the molecule is CNC(=O)c1cc2c(c(F)c1-c1c(Cl)c(F)cc3c1C[C@](c1ccccc1)([C@@H]1CCCN1)O3)C[C@H](N)C2. The Morgan fingerprint density at radius 2 is 1.95 bits per heavy atom. The van der Waals surface area contributed by atoms with Crippen molar-refractivity contribution in [2.75, 3.05) is 13.6 Å². The van der Waals surface area contributed by atoms with Gasteiger partial charge in [0.25, 0.3) is 5.91 Å². The smallest absolute Gasteiger partial charge is 0.251 e. The molecule has 1 amide bonds. The second kappa shape index (κ2) is 9.08. The molecule has 1 fully saturated rings. The molecule has 6 rings (SSSR count). The monoisotopic (exact) mass is 523 g/mol. The number of rotatable bonds is 4. The number of carbonyl (C=O) groups is 1. The third kappa shape index (κ3) is 3.75. The zero-order chi connectivity index (χ0) is 25.9. The molecule has 3 aromatic rings. The largest absolute Gasteiger partial charge is 0.480 e. The number of hydrogen-bond donors (Lipinski definition) is 3. The minimum absolute atomic E-state index is 0.000192. The molecule has 3 aromatic carbocycles. The average molecular weight is 524 g/mol. The number of hydrogen-bond acceptors (Lipinski definition) is 4. The second-order valence-corrected chi connectivity index (χ2v) is 10.6. The highest BCUT2D eigenvalue weighted by molar-refractivity contribution is 6.34. The van der Waals surface area contributed by atoms with Gasteiger partial charge in [-0.1, -0.05) is 41.9 Å². The Hall–Kier alpha value is -3.00. The Labute approximate surface area is 219 Å². The van der Waals surface area contributed by atoms with Crippen LogP contribution < -0.4 is 21.1 Å². The number of halogens is 3. The molecule has 0 spiro atoms. The molecule has 0 bridgehead atoms. The summed E-state index contributed by atoms with van der Waals surface area (Å²) >= 11 is 6.61. The topological polar surface area (TPSA) is 76.4 Å². The Morgan fingerprint density at radius 1 is 1.16 bits per heavy atom. The van der Waals surface area contributed by atoms with Crippen LogP contribution in [-0.2, 0) is 24.9 Å². The molecule has 0 saturated carbocycles. The van der Waals surface area contributed by atoms with Crippen LogP contribution in [0.5, 0.6) is 5.75 Å². The average Bonchev–Trinajstić information content (AvgIpc) is 3.64. The van der Waals surface area contributed by atoms with Crippen LogP contribution in [0.2, 0.25) is 5.02 Å². The van der Waals surface area contributed by atoms with Crippen LogP contribution in [0.25, 0.3) is 11.1 Å². The number of ether oxygens (including phenoxy) is 1. The Kier molecular flexibility index (Phi) is 5.97. The highest BCUT2D eigenvalue weighted by atomic mass is 35.5.